The molecule has 1 aromatic heterocycles. The maximum absolute atomic E-state index is 13.9. The fourth-order valence-electron chi connectivity index (χ4n) is 2.99. The Morgan fingerprint density at radius 3 is 2.48 bits per heavy atom. The Balaban J connectivity index is 1.66. The van der Waals surface area contributed by atoms with E-state index in [9.17, 15) is 8.78 Å². The molecule has 0 bridgehead atoms. The number of anilines is 1. The van der Waals surface area contributed by atoms with Crippen molar-refractivity contribution in [1.82, 2.24) is 9.88 Å². The van der Waals surface area contributed by atoms with E-state index in [-0.39, 0.29) is 6.04 Å². The maximum Gasteiger partial charge on any atom is 0.131 e. The number of piperazine rings is 1. The predicted octanol–water partition coefficient (Wildman–Crippen LogP) is 3.90. The fourth-order valence-corrected chi connectivity index (χ4v) is 3.16. The molecule has 0 radical (unpaired) electrons. The van der Waals surface area contributed by atoms with Crippen molar-refractivity contribution >= 4 is 17.3 Å². The highest BCUT2D eigenvalue weighted by Gasteiger charge is 2.24. The standard InChI is InChI=1S/C17H18ClF2N3/c1-12(15-3-2-13(19)10-16(15)20)22-6-8-23(9-7-22)14-4-5-21-17(18)11-14/h2-5,10-12H,6-9H2,1H3. The van der Waals surface area contributed by atoms with Crippen LogP contribution in [0.1, 0.15) is 18.5 Å². The first kappa shape index (κ1) is 16.1. The van der Waals surface area contributed by atoms with Crippen molar-refractivity contribution in [2.75, 3.05) is 31.1 Å². The number of nitrogens with zero attached hydrogens (tertiary/aromatic N) is 3. The molecule has 2 aromatic rings. The van der Waals surface area contributed by atoms with Crippen LogP contribution in [-0.4, -0.2) is 36.1 Å². The Morgan fingerprint density at radius 2 is 1.83 bits per heavy atom. The number of halogens is 3. The molecule has 1 fully saturated rings. The first-order valence-corrected chi connectivity index (χ1v) is 7.98. The highest BCUT2D eigenvalue weighted by atomic mass is 35.5. The maximum atomic E-state index is 13.9. The van der Waals surface area contributed by atoms with Gasteiger partial charge in [-0.3, -0.25) is 4.90 Å². The van der Waals surface area contributed by atoms with Crippen LogP contribution in [0.4, 0.5) is 14.5 Å². The highest BCUT2D eigenvalue weighted by Crippen LogP contribution is 2.26. The van der Waals surface area contributed by atoms with Crippen molar-refractivity contribution in [3.8, 4) is 0 Å². The normalized spacial score (nSPS) is 17.3. The monoisotopic (exact) mass is 337 g/mol. The number of hydrogen-bond donors (Lipinski definition) is 0. The second kappa shape index (κ2) is 6.81. The van der Waals surface area contributed by atoms with Crippen LogP contribution in [0.15, 0.2) is 36.5 Å². The van der Waals surface area contributed by atoms with E-state index >= 15 is 0 Å². The average Bonchev–Trinajstić information content (AvgIpc) is 2.54. The zero-order valence-corrected chi connectivity index (χ0v) is 13.6. The molecular weight excluding hydrogens is 320 g/mol. The van der Waals surface area contributed by atoms with Crippen LogP contribution in [0.25, 0.3) is 0 Å². The van der Waals surface area contributed by atoms with Crippen molar-refractivity contribution in [3.63, 3.8) is 0 Å². The number of hydrogen-bond acceptors (Lipinski definition) is 3. The van der Waals surface area contributed by atoms with E-state index in [1.807, 2.05) is 19.1 Å². The molecule has 1 unspecified atom stereocenters. The van der Waals surface area contributed by atoms with Crippen LogP contribution in [0.2, 0.25) is 5.15 Å². The predicted molar refractivity (Wildman–Crippen MR) is 87.8 cm³/mol. The summed E-state index contributed by atoms with van der Waals surface area (Å²) < 4.78 is 27.0. The minimum atomic E-state index is -0.544. The smallest absolute Gasteiger partial charge is 0.131 e. The summed E-state index contributed by atoms with van der Waals surface area (Å²) in [5.74, 6) is -1.03. The zero-order chi connectivity index (χ0) is 16.4. The van der Waals surface area contributed by atoms with Gasteiger partial charge in [0.25, 0.3) is 0 Å². The molecule has 1 aliphatic heterocycles. The molecule has 3 nitrogen and oxygen atoms in total. The van der Waals surface area contributed by atoms with E-state index in [1.54, 1.807) is 6.20 Å². The fraction of sp³-hybridized carbons (Fsp3) is 0.353. The molecule has 0 N–H and O–H groups in total. The van der Waals surface area contributed by atoms with Crippen LogP contribution < -0.4 is 4.90 Å². The Bertz CT molecular complexity index is 687. The Hall–Kier alpha value is -1.72. The highest BCUT2D eigenvalue weighted by molar-refractivity contribution is 6.29. The SMILES string of the molecule is CC(c1ccc(F)cc1F)N1CCN(c2ccnc(Cl)c2)CC1. The molecule has 0 spiro atoms. The van der Waals surface area contributed by atoms with Gasteiger partial charge in [-0.1, -0.05) is 17.7 Å². The molecule has 0 amide bonds. The van der Waals surface area contributed by atoms with Crippen LogP contribution >= 0.6 is 11.6 Å². The lowest BCUT2D eigenvalue weighted by molar-refractivity contribution is 0.195. The minimum absolute atomic E-state index is 0.0845. The number of benzene rings is 1. The molecule has 0 aliphatic carbocycles. The molecule has 23 heavy (non-hydrogen) atoms. The summed E-state index contributed by atoms with van der Waals surface area (Å²) in [5, 5.41) is 0.478. The lowest BCUT2D eigenvalue weighted by Crippen LogP contribution is -2.47. The van der Waals surface area contributed by atoms with Gasteiger partial charge in [0, 0.05) is 55.7 Å². The van der Waals surface area contributed by atoms with Gasteiger partial charge in [-0.2, -0.15) is 0 Å². The van der Waals surface area contributed by atoms with Crippen molar-refractivity contribution in [2.24, 2.45) is 0 Å². The zero-order valence-electron chi connectivity index (χ0n) is 12.8. The first-order chi connectivity index (χ1) is 11.0. The van der Waals surface area contributed by atoms with E-state index in [2.05, 4.69) is 14.8 Å². The van der Waals surface area contributed by atoms with E-state index in [0.29, 0.717) is 10.7 Å². The molecule has 122 valence electrons. The molecule has 2 heterocycles. The quantitative estimate of drug-likeness (QED) is 0.792. The van der Waals surface area contributed by atoms with Crippen LogP contribution in [0, 0.1) is 11.6 Å². The third-order valence-electron chi connectivity index (χ3n) is 4.35. The van der Waals surface area contributed by atoms with Crippen LogP contribution in [-0.2, 0) is 0 Å². The number of pyridine rings is 1. The summed E-state index contributed by atoms with van der Waals surface area (Å²) in [6.45, 7) is 5.21. The third-order valence-corrected chi connectivity index (χ3v) is 4.56. The van der Waals surface area contributed by atoms with Crippen molar-refractivity contribution in [1.29, 1.82) is 0 Å². The lowest BCUT2D eigenvalue weighted by Gasteiger charge is -2.39. The van der Waals surface area contributed by atoms with E-state index in [0.717, 1.165) is 37.9 Å². The van der Waals surface area contributed by atoms with Crippen LogP contribution in [0.5, 0.6) is 0 Å². The van der Waals surface area contributed by atoms with Gasteiger partial charge in [0.15, 0.2) is 0 Å². The van der Waals surface area contributed by atoms with Gasteiger partial charge in [0.1, 0.15) is 16.8 Å². The number of rotatable bonds is 3. The second-order valence-corrected chi connectivity index (χ2v) is 6.09. The average molecular weight is 338 g/mol. The van der Waals surface area contributed by atoms with Crippen molar-refractivity contribution in [3.05, 3.63) is 58.9 Å². The van der Waals surface area contributed by atoms with Gasteiger partial charge >= 0.3 is 0 Å². The van der Waals surface area contributed by atoms with E-state index in [4.69, 9.17) is 11.6 Å². The van der Waals surface area contributed by atoms with Gasteiger partial charge in [-0.15, -0.1) is 0 Å². The van der Waals surface area contributed by atoms with Gasteiger partial charge in [-0.25, -0.2) is 13.8 Å². The summed E-state index contributed by atoms with van der Waals surface area (Å²) in [6, 6.07) is 7.49. The Morgan fingerprint density at radius 1 is 1.09 bits per heavy atom. The molecule has 3 rings (SSSR count). The van der Waals surface area contributed by atoms with Crippen molar-refractivity contribution in [2.45, 2.75) is 13.0 Å². The third kappa shape index (κ3) is 3.62. The number of aromatic nitrogens is 1. The summed E-state index contributed by atoms with van der Waals surface area (Å²) in [6.07, 6.45) is 1.69. The summed E-state index contributed by atoms with van der Waals surface area (Å²) in [5.41, 5.74) is 1.58. The van der Waals surface area contributed by atoms with Crippen molar-refractivity contribution < 1.29 is 8.78 Å². The van der Waals surface area contributed by atoms with E-state index in [1.165, 1.54) is 12.1 Å². The molecular formula is C17H18ClF2N3. The molecule has 0 saturated carbocycles. The Labute approximate surface area is 139 Å². The molecule has 1 saturated heterocycles. The van der Waals surface area contributed by atoms with Gasteiger partial charge < -0.3 is 4.90 Å². The summed E-state index contributed by atoms with van der Waals surface area (Å²) >= 11 is 5.93. The van der Waals surface area contributed by atoms with Gasteiger partial charge in [0.05, 0.1) is 0 Å². The van der Waals surface area contributed by atoms with Crippen LogP contribution in [0.3, 0.4) is 0 Å². The topological polar surface area (TPSA) is 19.4 Å². The second-order valence-electron chi connectivity index (χ2n) is 5.70. The summed E-state index contributed by atoms with van der Waals surface area (Å²) in [4.78, 5) is 8.43. The molecule has 1 aliphatic rings. The van der Waals surface area contributed by atoms with Gasteiger partial charge in [0.2, 0.25) is 0 Å². The molecule has 6 heteroatoms. The summed E-state index contributed by atoms with van der Waals surface area (Å²) in [7, 11) is 0. The molecule has 1 atom stereocenters. The van der Waals surface area contributed by atoms with Gasteiger partial charge in [-0.05, 0) is 25.1 Å². The minimum Gasteiger partial charge on any atom is -0.369 e. The lowest BCUT2D eigenvalue weighted by atomic mass is 10.1. The van der Waals surface area contributed by atoms with E-state index < -0.39 is 11.6 Å². The largest absolute Gasteiger partial charge is 0.369 e. The molecule has 1 aromatic carbocycles. The first-order valence-electron chi connectivity index (χ1n) is 7.60. The Kier molecular flexibility index (Phi) is 4.78.